The summed E-state index contributed by atoms with van der Waals surface area (Å²) in [5, 5.41) is 17.4. The SMILES string of the molecule is Cc1nnc(CN(CC(C)C)c2cccc(O)c2)o1. The molecule has 5 nitrogen and oxygen atoms in total. The number of nitrogens with zero attached hydrogens (tertiary/aromatic N) is 3. The van der Waals surface area contributed by atoms with E-state index in [9.17, 15) is 5.11 Å². The molecular formula is C14H19N3O2. The third kappa shape index (κ3) is 3.71. The lowest BCUT2D eigenvalue weighted by Crippen LogP contribution is -2.27. The number of aromatic hydroxyl groups is 1. The van der Waals surface area contributed by atoms with Gasteiger partial charge in [0.2, 0.25) is 11.8 Å². The van der Waals surface area contributed by atoms with Gasteiger partial charge in [0.05, 0.1) is 6.54 Å². The molecule has 0 aliphatic rings. The number of aromatic nitrogens is 2. The maximum Gasteiger partial charge on any atom is 0.235 e. The van der Waals surface area contributed by atoms with Crippen LogP contribution in [0.3, 0.4) is 0 Å². The molecule has 0 saturated carbocycles. The number of benzene rings is 1. The summed E-state index contributed by atoms with van der Waals surface area (Å²) >= 11 is 0. The quantitative estimate of drug-likeness (QED) is 0.896. The van der Waals surface area contributed by atoms with Gasteiger partial charge in [-0.1, -0.05) is 19.9 Å². The molecule has 0 spiro atoms. The Morgan fingerprint density at radius 3 is 2.68 bits per heavy atom. The van der Waals surface area contributed by atoms with Crippen LogP contribution in [0.15, 0.2) is 28.7 Å². The molecule has 19 heavy (non-hydrogen) atoms. The molecular weight excluding hydrogens is 242 g/mol. The van der Waals surface area contributed by atoms with E-state index < -0.39 is 0 Å². The van der Waals surface area contributed by atoms with E-state index in [1.165, 1.54) is 0 Å². The highest BCUT2D eigenvalue weighted by atomic mass is 16.4. The summed E-state index contributed by atoms with van der Waals surface area (Å²) in [5.41, 5.74) is 0.949. The Bertz CT molecular complexity index is 537. The summed E-state index contributed by atoms with van der Waals surface area (Å²) in [6.45, 7) is 7.47. The van der Waals surface area contributed by atoms with E-state index in [4.69, 9.17) is 4.42 Å². The van der Waals surface area contributed by atoms with Crippen LogP contribution in [-0.4, -0.2) is 21.8 Å². The molecule has 0 aliphatic heterocycles. The van der Waals surface area contributed by atoms with Gasteiger partial charge in [0.15, 0.2) is 0 Å². The first kappa shape index (κ1) is 13.4. The molecule has 1 N–H and O–H groups in total. The Labute approximate surface area is 112 Å². The van der Waals surface area contributed by atoms with Gasteiger partial charge in [0, 0.05) is 25.2 Å². The van der Waals surface area contributed by atoms with Crippen molar-refractivity contribution < 1.29 is 9.52 Å². The average Bonchev–Trinajstić information content (AvgIpc) is 2.73. The van der Waals surface area contributed by atoms with E-state index in [1.807, 2.05) is 12.1 Å². The first-order valence-corrected chi connectivity index (χ1v) is 6.37. The molecule has 0 aliphatic carbocycles. The Balaban J connectivity index is 2.20. The molecule has 0 radical (unpaired) electrons. The predicted octanol–water partition coefficient (Wildman–Crippen LogP) is 2.75. The van der Waals surface area contributed by atoms with Crippen LogP contribution in [-0.2, 0) is 6.54 Å². The van der Waals surface area contributed by atoms with Crippen LogP contribution in [0.1, 0.15) is 25.6 Å². The zero-order valence-electron chi connectivity index (χ0n) is 11.5. The first-order valence-electron chi connectivity index (χ1n) is 6.37. The number of hydrogen-bond acceptors (Lipinski definition) is 5. The summed E-state index contributed by atoms with van der Waals surface area (Å²) in [6.07, 6.45) is 0. The van der Waals surface area contributed by atoms with Gasteiger partial charge >= 0.3 is 0 Å². The molecule has 0 saturated heterocycles. The molecule has 1 aromatic heterocycles. The number of hydrogen-bond donors (Lipinski definition) is 1. The minimum atomic E-state index is 0.257. The van der Waals surface area contributed by atoms with Crippen molar-refractivity contribution in [1.29, 1.82) is 0 Å². The molecule has 0 unspecified atom stereocenters. The van der Waals surface area contributed by atoms with Crippen LogP contribution in [0.4, 0.5) is 5.69 Å². The highest BCUT2D eigenvalue weighted by molar-refractivity contribution is 5.50. The molecule has 1 aromatic carbocycles. The Kier molecular flexibility index (Phi) is 4.04. The largest absolute Gasteiger partial charge is 0.508 e. The van der Waals surface area contributed by atoms with Gasteiger partial charge in [-0.25, -0.2) is 0 Å². The van der Waals surface area contributed by atoms with Crippen molar-refractivity contribution in [2.24, 2.45) is 5.92 Å². The van der Waals surface area contributed by atoms with Crippen LogP contribution < -0.4 is 4.90 Å². The van der Waals surface area contributed by atoms with E-state index in [0.29, 0.717) is 24.2 Å². The molecule has 2 aromatic rings. The zero-order valence-corrected chi connectivity index (χ0v) is 11.5. The molecule has 0 atom stereocenters. The van der Waals surface area contributed by atoms with E-state index in [-0.39, 0.29) is 5.75 Å². The Hall–Kier alpha value is -2.04. The molecule has 1 heterocycles. The topological polar surface area (TPSA) is 62.4 Å². The van der Waals surface area contributed by atoms with Crippen LogP contribution in [0.5, 0.6) is 5.75 Å². The van der Waals surface area contributed by atoms with Crippen LogP contribution in [0.2, 0.25) is 0 Å². The second-order valence-electron chi connectivity index (χ2n) is 5.01. The van der Waals surface area contributed by atoms with Crippen LogP contribution >= 0.6 is 0 Å². The number of rotatable bonds is 5. The number of phenols is 1. The van der Waals surface area contributed by atoms with E-state index >= 15 is 0 Å². The average molecular weight is 261 g/mol. The monoisotopic (exact) mass is 261 g/mol. The van der Waals surface area contributed by atoms with Crippen molar-refractivity contribution in [3.05, 3.63) is 36.0 Å². The van der Waals surface area contributed by atoms with Crippen molar-refractivity contribution >= 4 is 5.69 Å². The van der Waals surface area contributed by atoms with Gasteiger partial charge in [0.1, 0.15) is 5.75 Å². The standard InChI is InChI=1S/C14H19N3O2/c1-10(2)8-17(9-14-16-15-11(3)19-14)12-5-4-6-13(18)7-12/h4-7,10,18H,8-9H2,1-3H3. The molecule has 2 rings (SSSR count). The van der Waals surface area contributed by atoms with Gasteiger partial charge in [0.25, 0.3) is 0 Å². The van der Waals surface area contributed by atoms with Crippen molar-refractivity contribution in [3.8, 4) is 5.75 Å². The zero-order chi connectivity index (χ0) is 13.8. The maximum absolute atomic E-state index is 9.59. The van der Waals surface area contributed by atoms with Crippen LogP contribution in [0.25, 0.3) is 0 Å². The van der Waals surface area contributed by atoms with E-state index in [0.717, 1.165) is 12.2 Å². The second-order valence-corrected chi connectivity index (χ2v) is 5.01. The smallest absolute Gasteiger partial charge is 0.235 e. The van der Waals surface area contributed by atoms with Gasteiger partial charge in [-0.2, -0.15) is 0 Å². The Morgan fingerprint density at radius 2 is 2.11 bits per heavy atom. The summed E-state index contributed by atoms with van der Waals surface area (Å²) in [5.74, 6) is 1.90. The molecule has 5 heteroatoms. The molecule has 0 fully saturated rings. The van der Waals surface area contributed by atoms with E-state index in [2.05, 4.69) is 28.9 Å². The van der Waals surface area contributed by atoms with Gasteiger partial charge in [-0.3, -0.25) is 0 Å². The van der Waals surface area contributed by atoms with Crippen molar-refractivity contribution in [2.45, 2.75) is 27.3 Å². The van der Waals surface area contributed by atoms with Crippen LogP contribution in [0, 0.1) is 12.8 Å². The lowest BCUT2D eigenvalue weighted by atomic mass is 10.2. The molecule has 102 valence electrons. The Morgan fingerprint density at radius 1 is 1.32 bits per heavy atom. The summed E-state index contributed by atoms with van der Waals surface area (Å²) in [7, 11) is 0. The maximum atomic E-state index is 9.59. The highest BCUT2D eigenvalue weighted by Crippen LogP contribution is 2.22. The minimum absolute atomic E-state index is 0.257. The summed E-state index contributed by atoms with van der Waals surface area (Å²) < 4.78 is 5.42. The number of phenolic OH excluding ortho intramolecular Hbond substituents is 1. The van der Waals surface area contributed by atoms with Crippen molar-refractivity contribution in [3.63, 3.8) is 0 Å². The first-order chi connectivity index (χ1) is 9.04. The van der Waals surface area contributed by atoms with Crippen molar-refractivity contribution in [1.82, 2.24) is 10.2 Å². The van der Waals surface area contributed by atoms with Gasteiger partial charge in [-0.05, 0) is 18.1 Å². The molecule has 0 bridgehead atoms. The summed E-state index contributed by atoms with van der Waals surface area (Å²) in [6, 6.07) is 7.20. The number of aryl methyl sites for hydroxylation is 1. The van der Waals surface area contributed by atoms with Gasteiger partial charge < -0.3 is 14.4 Å². The lowest BCUT2D eigenvalue weighted by Gasteiger charge is -2.25. The van der Waals surface area contributed by atoms with Gasteiger partial charge in [-0.15, -0.1) is 10.2 Å². The fourth-order valence-corrected chi connectivity index (χ4v) is 1.96. The fraction of sp³-hybridized carbons (Fsp3) is 0.429. The normalized spacial score (nSPS) is 10.9. The summed E-state index contributed by atoms with van der Waals surface area (Å²) in [4.78, 5) is 2.12. The second kappa shape index (κ2) is 5.73. The van der Waals surface area contributed by atoms with Crippen molar-refractivity contribution in [2.75, 3.05) is 11.4 Å². The molecule has 0 amide bonds. The highest BCUT2D eigenvalue weighted by Gasteiger charge is 2.13. The third-order valence-electron chi connectivity index (χ3n) is 2.67. The van der Waals surface area contributed by atoms with E-state index in [1.54, 1.807) is 19.1 Å². The number of anilines is 1. The minimum Gasteiger partial charge on any atom is -0.508 e. The fourth-order valence-electron chi connectivity index (χ4n) is 1.96. The third-order valence-corrected chi connectivity index (χ3v) is 2.67. The predicted molar refractivity (Wildman–Crippen MR) is 73.0 cm³/mol. The lowest BCUT2D eigenvalue weighted by molar-refractivity contribution is 0.454.